The van der Waals surface area contributed by atoms with Crippen molar-refractivity contribution in [1.82, 2.24) is 20.4 Å². The van der Waals surface area contributed by atoms with E-state index in [9.17, 15) is 4.79 Å². The number of rotatable bonds is 8. The fourth-order valence-electron chi connectivity index (χ4n) is 3.64. The number of hydrogen-bond donors (Lipinski definition) is 2. The summed E-state index contributed by atoms with van der Waals surface area (Å²) in [7, 11) is 4.08. The maximum atomic E-state index is 12.5. The van der Waals surface area contributed by atoms with Crippen LogP contribution in [0, 0.1) is 0 Å². The fraction of sp³-hybridized carbons (Fsp3) is 0.667. The van der Waals surface area contributed by atoms with Crippen LogP contribution in [0.15, 0.2) is 30.3 Å². The van der Waals surface area contributed by atoms with Gasteiger partial charge in [-0.3, -0.25) is 4.90 Å². The molecule has 1 aliphatic heterocycles. The molecule has 0 radical (unpaired) electrons. The van der Waals surface area contributed by atoms with E-state index in [1.165, 1.54) is 24.8 Å². The average Bonchev–Trinajstić information content (AvgIpc) is 2.61. The van der Waals surface area contributed by atoms with Gasteiger partial charge in [0.15, 0.2) is 0 Å². The highest BCUT2D eigenvalue weighted by atomic mass is 16.2. The highest BCUT2D eigenvalue weighted by molar-refractivity contribution is 5.74. The minimum absolute atomic E-state index is 0.00572. The predicted molar refractivity (Wildman–Crippen MR) is 109 cm³/mol. The molecule has 0 spiro atoms. The number of amides is 2. The number of carbonyl (C=O) groups excluding carboxylic acids is 1. The van der Waals surface area contributed by atoms with E-state index in [0.717, 1.165) is 26.1 Å². The SMILES string of the molecule is CN(C)CC(Cc1ccccc1)NC(=O)NCC(C)(C)N1CCCCC1. The summed E-state index contributed by atoms with van der Waals surface area (Å²) in [5.74, 6) is 0. The highest BCUT2D eigenvalue weighted by Crippen LogP contribution is 2.19. The molecule has 1 atom stereocenters. The van der Waals surface area contributed by atoms with Gasteiger partial charge in [0.1, 0.15) is 0 Å². The lowest BCUT2D eigenvalue weighted by atomic mass is 9.98. The standard InChI is InChI=1S/C21H36N4O/c1-21(2,25-13-9-6-10-14-25)17-22-20(26)23-19(16-24(3)4)15-18-11-7-5-8-12-18/h5,7-8,11-12,19H,6,9-10,13-17H2,1-4H3,(H2,22,23,26). The predicted octanol–water partition coefficient (Wildman–Crippen LogP) is 2.72. The van der Waals surface area contributed by atoms with Gasteiger partial charge in [-0.1, -0.05) is 36.8 Å². The molecule has 1 aromatic rings. The zero-order valence-corrected chi connectivity index (χ0v) is 16.9. The molecule has 2 rings (SSSR count). The van der Waals surface area contributed by atoms with Gasteiger partial charge in [-0.05, 0) is 65.9 Å². The number of carbonyl (C=O) groups is 1. The van der Waals surface area contributed by atoms with Crippen LogP contribution >= 0.6 is 0 Å². The number of piperidine rings is 1. The Kier molecular flexibility index (Phi) is 7.91. The van der Waals surface area contributed by atoms with Crippen LogP contribution in [0.25, 0.3) is 0 Å². The second-order valence-electron chi connectivity index (χ2n) is 8.34. The van der Waals surface area contributed by atoms with Crippen LogP contribution in [0.4, 0.5) is 4.79 Å². The van der Waals surface area contributed by atoms with E-state index in [-0.39, 0.29) is 17.6 Å². The van der Waals surface area contributed by atoms with Crippen LogP contribution in [0.2, 0.25) is 0 Å². The Bertz CT molecular complexity index is 538. The molecular weight excluding hydrogens is 324 g/mol. The van der Waals surface area contributed by atoms with E-state index in [1.807, 2.05) is 32.3 Å². The molecule has 0 aromatic heterocycles. The van der Waals surface area contributed by atoms with Crippen molar-refractivity contribution in [2.75, 3.05) is 40.3 Å². The summed E-state index contributed by atoms with van der Waals surface area (Å²) >= 11 is 0. The number of nitrogens with one attached hydrogen (secondary N) is 2. The van der Waals surface area contributed by atoms with Gasteiger partial charge < -0.3 is 15.5 Å². The Morgan fingerprint density at radius 3 is 2.42 bits per heavy atom. The number of likely N-dealkylation sites (tertiary alicyclic amines) is 1. The molecule has 5 heteroatoms. The molecule has 1 saturated heterocycles. The Morgan fingerprint density at radius 1 is 1.15 bits per heavy atom. The largest absolute Gasteiger partial charge is 0.336 e. The minimum Gasteiger partial charge on any atom is -0.336 e. The zero-order chi connectivity index (χ0) is 19.0. The highest BCUT2D eigenvalue weighted by Gasteiger charge is 2.28. The van der Waals surface area contributed by atoms with Crippen molar-refractivity contribution in [3.05, 3.63) is 35.9 Å². The molecular formula is C21H36N4O. The normalized spacial score (nSPS) is 17.1. The third-order valence-electron chi connectivity index (χ3n) is 5.14. The smallest absolute Gasteiger partial charge is 0.315 e. The summed E-state index contributed by atoms with van der Waals surface area (Å²) in [4.78, 5) is 17.1. The molecule has 2 amide bonds. The first-order valence-electron chi connectivity index (χ1n) is 9.85. The lowest BCUT2D eigenvalue weighted by Gasteiger charge is -2.41. The summed E-state index contributed by atoms with van der Waals surface area (Å²) in [6.07, 6.45) is 4.68. The van der Waals surface area contributed by atoms with Crippen molar-refractivity contribution < 1.29 is 4.79 Å². The van der Waals surface area contributed by atoms with Gasteiger partial charge in [-0.2, -0.15) is 0 Å². The molecule has 146 valence electrons. The van der Waals surface area contributed by atoms with Gasteiger partial charge in [0.2, 0.25) is 0 Å². The molecule has 1 fully saturated rings. The first kappa shape index (κ1) is 20.7. The molecule has 0 aliphatic carbocycles. The topological polar surface area (TPSA) is 47.6 Å². The summed E-state index contributed by atoms with van der Waals surface area (Å²) in [5.41, 5.74) is 1.24. The van der Waals surface area contributed by atoms with Crippen molar-refractivity contribution in [1.29, 1.82) is 0 Å². The molecule has 1 aliphatic rings. The molecule has 1 aromatic carbocycles. The van der Waals surface area contributed by atoms with Crippen molar-refractivity contribution in [3.63, 3.8) is 0 Å². The summed E-state index contributed by atoms with van der Waals surface area (Å²) in [6.45, 7) is 8.19. The van der Waals surface area contributed by atoms with Gasteiger partial charge in [0.05, 0.1) is 0 Å². The van der Waals surface area contributed by atoms with Crippen molar-refractivity contribution in [3.8, 4) is 0 Å². The summed E-state index contributed by atoms with van der Waals surface area (Å²) in [5, 5.41) is 6.26. The van der Waals surface area contributed by atoms with E-state index in [4.69, 9.17) is 0 Å². The van der Waals surface area contributed by atoms with E-state index >= 15 is 0 Å². The van der Waals surface area contributed by atoms with E-state index in [2.05, 4.69) is 46.4 Å². The maximum Gasteiger partial charge on any atom is 0.315 e. The Balaban J connectivity index is 1.85. The van der Waals surface area contributed by atoms with Crippen molar-refractivity contribution >= 4 is 6.03 Å². The Labute approximate surface area is 159 Å². The Morgan fingerprint density at radius 2 is 1.81 bits per heavy atom. The first-order valence-corrected chi connectivity index (χ1v) is 9.85. The van der Waals surface area contributed by atoms with Crippen LogP contribution in [0.3, 0.4) is 0 Å². The van der Waals surface area contributed by atoms with Gasteiger partial charge in [-0.25, -0.2) is 4.79 Å². The second kappa shape index (κ2) is 9.93. The monoisotopic (exact) mass is 360 g/mol. The van der Waals surface area contributed by atoms with Gasteiger partial charge in [0, 0.05) is 24.7 Å². The average molecular weight is 361 g/mol. The van der Waals surface area contributed by atoms with Crippen LogP contribution in [-0.2, 0) is 6.42 Å². The van der Waals surface area contributed by atoms with Crippen LogP contribution in [-0.4, -0.2) is 67.7 Å². The molecule has 0 saturated carbocycles. The van der Waals surface area contributed by atoms with Gasteiger partial charge in [0.25, 0.3) is 0 Å². The molecule has 5 nitrogen and oxygen atoms in total. The third-order valence-corrected chi connectivity index (χ3v) is 5.14. The lowest BCUT2D eigenvalue weighted by Crippen LogP contribution is -2.56. The number of benzene rings is 1. The molecule has 0 bridgehead atoms. The maximum absolute atomic E-state index is 12.5. The van der Waals surface area contributed by atoms with Crippen molar-refractivity contribution in [2.45, 2.75) is 51.1 Å². The number of likely N-dealkylation sites (N-methyl/N-ethyl adjacent to an activating group) is 1. The lowest BCUT2D eigenvalue weighted by molar-refractivity contribution is 0.0958. The third kappa shape index (κ3) is 6.96. The number of urea groups is 1. The van der Waals surface area contributed by atoms with Gasteiger partial charge >= 0.3 is 6.03 Å². The van der Waals surface area contributed by atoms with Crippen LogP contribution in [0.1, 0.15) is 38.7 Å². The van der Waals surface area contributed by atoms with Gasteiger partial charge in [-0.15, -0.1) is 0 Å². The molecule has 1 unspecified atom stereocenters. The molecule has 1 heterocycles. The van der Waals surface area contributed by atoms with Crippen LogP contribution < -0.4 is 10.6 Å². The number of nitrogens with zero attached hydrogens (tertiary/aromatic N) is 2. The van der Waals surface area contributed by atoms with E-state index in [0.29, 0.717) is 6.54 Å². The quantitative estimate of drug-likeness (QED) is 0.749. The second-order valence-corrected chi connectivity index (χ2v) is 8.34. The van der Waals surface area contributed by atoms with E-state index < -0.39 is 0 Å². The van der Waals surface area contributed by atoms with Crippen LogP contribution in [0.5, 0.6) is 0 Å². The Hall–Kier alpha value is -1.59. The minimum atomic E-state index is -0.0714. The summed E-state index contributed by atoms with van der Waals surface area (Å²) in [6, 6.07) is 10.4. The zero-order valence-electron chi connectivity index (χ0n) is 16.9. The first-order chi connectivity index (χ1) is 12.4. The van der Waals surface area contributed by atoms with E-state index in [1.54, 1.807) is 0 Å². The fourth-order valence-corrected chi connectivity index (χ4v) is 3.64. The molecule has 26 heavy (non-hydrogen) atoms. The molecule has 2 N–H and O–H groups in total. The van der Waals surface area contributed by atoms with Crippen molar-refractivity contribution in [2.24, 2.45) is 0 Å². The number of hydrogen-bond acceptors (Lipinski definition) is 3. The summed E-state index contributed by atoms with van der Waals surface area (Å²) < 4.78 is 0.